The Morgan fingerprint density at radius 2 is 2.38 bits per heavy atom. The molecule has 0 bridgehead atoms. The highest BCUT2D eigenvalue weighted by Gasteiger charge is 2.21. The molecule has 1 N–H and O–H groups in total. The van der Waals surface area contributed by atoms with Crippen LogP contribution in [0.1, 0.15) is 22.7 Å². The number of nitrogens with zero attached hydrogens (tertiary/aromatic N) is 3. The van der Waals surface area contributed by atoms with Crippen molar-refractivity contribution >= 4 is 17.3 Å². The summed E-state index contributed by atoms with van der Waals surface area (Å²) in [6.45, 7) is 5.49. The predicted molar refractivity (Wildman–Crippen MR) is 88.1 cm³/mol. The van der Waals surface area contributed by atoms with Gasteiger partial charge in [0.15, 0.2) is 5.96 Å². The molecule has 1 aromatic heterocycles. The second-order valence-corrected chi connectivity index (χ2v) is 6.85. The van der Waals surface area contributed by atoms with Gasteiger partial charge in [-0.25, -0.2) is 4.98 Å². The first kappa shape index (κ1) is 16.2. The molecule has 0 aromatic carbocycles. The number of aliphatic imine (C=N–C) groups is 1. The van der Waals surface area contributed by atoms with E-state index in [9.17, 15) is 0 Å². The maximum absolute atomic E-state index is 5.67. The number of rotatable bonds is 8. The SMILES string of the molecule is CN=C(NCCc1ncc(C)s1)N(C)CCOCC1CC1. The van der Waals surface area contributed by atoms with E-state index >= 15 is 0 Å². The van der Waals surface area contributed by atoms with Gasteiger partial charge >= 0.3 is 0 Å². The molecule has 0 unspecified atom stereocenters. The summed E-state index contributed by atoms with van der Waals surface area (Å²) >= 11 is 1.76. The lowest BCUT2D eigenvalue weighted by Gasteiger charge is -2.21. The Morgan fingerprint density at radius 3 is 3.00 bits per heavy atom. The molecule has 1 heterocycles. The molecule has 1 aliphatic rings. The van der Waals surface area contributed by atoms with Crippen LogP contribution in [0.4, 0.5) is 0 Å². The van der Waals surface area contributed by atoms with Crippen molar-refractivity contribution in [1.82, 2.24) is 15.2 Å². The van der Waals surface area contributed by atoms with Crippen molar-refractivity contribution in [1.29, 1.82) is 0 Å². The van der Waals surface area contributed by atoms with Gasteiger partial charge in [-0.05, 0) is 25.7 Å². The molecular weight excluding hydrogens is 284 g/mol. The van der Waals surface area contributed by atoms with Crippen molar-refractivity contribution < 1.29 is 4.74 Å². The molecule has 1 aliphatic carbocycles. The van der Waals surface area contributed by atoms with Crippen molar-refractivity contribution in [3.63, 3.8) is 0 Å². The summed E-state index contributed by atoms with van der Waals surface area (Å²) in [5.41, 5.74) is 0. The van der Waals surface area contributed by atoms with Crippen LogP contribution in [0.25, 0.3) is 0 Å². The third-order valence-corrected chi connectivity index (χ3v) is 4.46. The average molecular weight is 310 g/mol. The van der Waals surface area contributed by atoms with Crippen LogP contribution in [0.3, 0.4) is 0 Å². The van der Waals surface area contributed by atoms with Gasteiger partial charge in [0.1, 0.15) is 0 Å². The minimum absolute atomic E-state index is 0.763. The highest BCUT2D eigenvalue weighted by Crippen LogP contribution is 2.28. The minimum Gasteiger partial charge on any atom is -0.379 e. The molecule has 0 atom stereocenters. The summed E-state index contributed by atoms with van der Waals surface area (Å²) in [4.78, 5) is 12.1. The van der Waals surface area contributed by atoms with Crippen LogP contribution >= 0.6 is 11.3 Å². The van der Waals surface area contributed by atoms with Gasteiger partial charge in [0.2, 0.25) is 0 Å². The molecule has 0 radical (unpaired) electrons. The van der Waals surface area contributed by atoms with E-state index in [4.69, 9.17) is 4.74 Å². The smallest absolute Gasteiger partial charge is 0.193 e. The zero-order chi connectivity index (χ0) is 15.1. The average Bonchev–Trinajstić information content (AvgIpc) is 3.21. The largest absolute Gasteiger partial charge is 0.379 e. The van der Waals surface area contributed by atoms with Gasteiger partial charge in [-0.15, -0.1) is 11.3 Å². The van der Waals surface area contributed by atoms with Gasteiger partial charge in [-0.1, -0.05) is 0 Å². The highest BCUT2D eigenvalue weighted by molar-refractivity contribution is 7.11. The quantitative estimate of drug-likeness (QED) is 0.453. The molecule has 0 saturated heterocycles. The summed E-state index contributed by atoms with van der Waals surface area (Å²) in [6.07, 6.45) is 5.55. The molecule has 0 aliphatic heterocycles. The molecule has 5 nitrogen and oxygen atoms in total. The lowest BCUT2D eigenvalue weighted by molar-refractivity contribution is 0.115. The van der Waals surface area contributed by atoms with Crippen molar-refractivity contribution in [2.24, 2.45) is 10.9 Å². The Labute approximate surface area is 131 Å². The Hall–Kier alpha value is -1.14. The van der Waals surface area contributed by atoms with Gasteiger partial charge in [0.25, 0.3) is 0 Å². The van der Waals surface area contributed by atoms with Gasteiger partial charge in [-0.2, -0.15) is 0 Å². The van der Waals surface area contributed by atoms with E-state index in [1.54, 1.807) is 11.3 Å². The molecule has 1 aromatic rings. The monoisotopic (exact) mass is 310 g/mol. The van der Waals surface area contributed by atoms with Crippen LogP contribution in [0.15, 0.2) is 11.2 Å². The number of hydrogen-bond acceptors (Lipinski definition) is 4. The van der Waals surface area contributed by atoms with Crippen molar-refractivity contribution in [2.75, 3.05) is 40.4 Å². The van der Waals surface area contributed by atoms with E-state index < -0.39 is 0 Å². The summed E-state index contributed by atoms with van der Waals surface area (Å²) in [7, 11) is 3.86. The maximum Gasteiger partial charge on any atom is 0.193 e. The summed E-state index contributed by atoms with van der Waals surface area (Å²) in [5, 5.41) is 4.55. The van der Waals surface area contributed by atoms with Crippen molar-refractivity contribution in [2.45, 2.75) is 26.2 Å². The molecule has 0 spiro atoms. The van der Waals surface area contributed by atoms with E-state index in [1.165, 1.54) is 22.7 Å². The number of hydrogen-bond donors (Lipinski definition) is 1. The number of aryl methyl sites for hydroxylation is 1. The van der Waals surface area contributed by atoms with Gasteiger partial charge in [-0.3, -0.25) is 4.99 Å². The number of guanidine groups is 1. The molecule has 118 valence electrons. The zero-order valence-electron chi connectivity index (χ0n) is 13.3. The summed E-state index contributed by atoms with van der Waals surface area (Å²) < 4.78 is 5.67. The van der Waals surface area contributed by atoms with E-state index in [0.29, 0.717) is 0 Å². The predicted octanol–water partition coefficient (Wildman–Crippen LogP) is 1.93. The van der Waals surface area contributed by atoms with Crippen LogP contribution in [-0.4, -0.2) is 56.2 Å². The fourth-order valence-corrected chi connectivity index (χ4v) is 2.81. The van der Waals surface area contributed by atoms with Gasteiger partial charge < -0.3 is 15.0 Å². The highest BCUT2D eigenvalue weighted by atomic mass is 32.1. The fraction of sp³-hybridized carbons (Fsp3) is 0.733. The molecule has 0 amide bonds. The first-order valence-electron chi connectivity index (χ1n) is 7.60. The van der Waals surface area contributed by atoms with Gasteiger partial charge in [0.05, 0.1) is 11.6 Å². The molecule has 1 saturated carbocycles. The Morgan fingerprint density at radius 1 is 1.57 bits per heavy atom. The number of thiazole rings is 1. The van der Waals surface area contributed by atoms with Gasteiger partial charge in [0, 0.05) is 51.3 Å². The van der Waals surface area contributed by atoms with E-state index in [2.05, 4.69) is 27.1 Å². The second-order valence-electron chi connectivity index (χ2n) is 5.53. The lowest BCUT2D eigenvalue weighted by Crippen LogP contribution is -2.41. The maximum atomic E-state index is 5.67. The third-order valence-electron chi connectivity index (χ3n) is 3.49. The summed E-state index contributed by atoms with van der Waals surface area (Å²) in [5.74, 6) is 1.74. The van der Waals surface area contributed by atoms with Crippen LogP contribution < -0.4 is 5.32 Å². The van der Waals surface area contributed by atoms with Crippen LogP contribution in [-0.2, 0) is 11.2 Å². The Kier molecular flexibility index (Phi) is 6.45. The first-order chi connectivity index (χ1) is 10.2. The third kappa shape index (κ3) is 6.01. The zero-order valence-corrected chi connectivity index (χ0v) is 14.1. The van der Waals surface area contributed by atoms with Crippen LogP contribution in [0.2, 0.25) is 0 Å². The number of aromatic nitrogens is 1. The minimum atomic E-state index is 0.763. The Balaban J connectivity index is 1.61. The lowest BCUT2D eigenvalue weighted by atomic mass is 10.4. The van der Waals surface area contributed by atoms with E-state index in [1.807, 2.05) is 20.3 Å². The molecular formula is C15H26N4OS. The first-order valence-corrected chi connectivity index (χ1v) is 8.41. The molecule has 6 heteroatoms. The standard InChI is InChI=1S/C15H26N4OS/c1-12-10-18-14(21-12)6-7-17-15(16-2)19(3)8-9-20-11-13-4-5-13/h10,13H,4-9,11H2,1-3H3,(H,16,17). The molecule has 21 heavy (non-hydrogen) atoms. The number of nitrogens with one attached hydrogen (secondary N) is 1. The number of likely N-dealkylation sites (N-methyl/N-ethyl adjacent to an activating group) is 1. The van der Waals surface area contributed by atoms with Crippen LogP contribution in [0, 0.1) is 12.8 Å². The normalized spacial score (nSPS) is 15.3. The summed E-state index contributed by atoms with van der Waals surface area (Å²) in [6, 6.07) is 0. The van der Waals surface area contributed by atoms with Crippen molar-refractivity contribution in [3.05, 3.63) is 16.1 Å². The second kappa shape index (κ2) is 8.34. The molecule has 1 fully saturated rings. The number of ether oxygens (including phenoxy) is 1. The van der Waals surface area contributed by atoms with Crippen LogP contribution in [0.5, 0.6) is 0 Å². The van der Waals surface area contributed by atoms with Crippen molar-refractivity contribution in [3.8, 4) is 0 Å². The molecule has 2 rings (SSSR count). The Bertz CT molecular complexity index is 456. The topological polar surface area (TPSA) is 49.8 Å². The van der Waals surface area contributed by atoms with E-state index in [0.717, 1.165) is 44.6 Å². The van der Waals surface area contributed by atoms with E-state index in [-0.39, 0.29) is 0 Å². The fourth-order valence-electron chi connectivity index (χ4n) is 2.02.